The lowest BCUT2D eigenvalue weighted by molar-refractivity contribution is 0.593. The summed E-state index contributed by atoms with van der Waals surface area (Å²) in [7, 11) is -3.58. The van der Waals surface area contributed by atoms with Gasteiger partial charge in [-0.25, -0.2) is 47.1 Å². The molecule has 0 amide bonds. The summed E-state index contributed by atoms with van der Waals surface area (Å²) in [4.78, 5) is 36.0. The fourth-order valence-electron chi connectivity index (χ4n) is 6.87. The number of fused-ring (bicyclic) bond motifs is 2. The summed E-state index contributed by atoms with van der Waals surface area (Å²) in [6.07, 6.45) is 20.1. The lowest BCUT2D eigenvalue weighted by atomic mass is 10.1. The fraction of sp³-hybridized carbons (Fsp3) is 0.238. The van der Waals surface area contributed by atoms with Crippen molar-refractivity contribution in [3.63, 3.8) is 0 Å². The van der Waals surface area contributed by atoms with E-state index in [2.05, 4.69) is 34.3 Å². The van der Waals surface area contributed by atoms with Crippen LogP contribution >= 0.6 is 11.8 Å². The number of halogens is 2. The normalized spacial score (nSPS) is 14.1. The Hall–Kier alpha value is -6.00. The second-order valence-corrected chi connectivity index (χ2v) is 17.2. The standard InChI is InChI=1S/C21H18FN5O2S.C21H18FN5S/c1-30(28,29)21-24-9-8-16(25-21)19-18(14-4-6-15(22)7-5-14)26-20-17(12-13-2-3-13)23-10-11-27(19)20;1-28-21-24-9-8-16(25-21)19-18(14-4-6-15(22)7-5-14)26-20-17(12-13-2-3-13)23-10-11-27(19)20/h4-11,13H,2-3,12H2,1H3;4-11,13H,2-3,12H2,1H3. The van der Waals surface area contributed by atoms with E-state index in [9.17, 15) is 17.2 Å². The van der Waals surface area contributed by atoms with Crippen LogP contribution in [0.5, 0.6) is 0 Å². The van der Waals surface area contributed by atoms with Crippen molar-refractivity contribution >= 4 is 32.9 Å². The predicted octanol–water partition coefficient (Wildman–Crippen LogP) is 8.02. The molecule has 0 spiro atoms. The molecule has 2 aliphatic carbocycles. The second kappa shape index (κ2) is 15.4. The average Bonchev–Trinajstić information content (AvgIpc) is 4.16. The minimum Gasteiger partial charge on any atom is -0.295 e. The van der Waals surface area contributed by atoms with Crippen molar-refractivity contribution < 1.29 is 17.2 Å². The molecular formula is C42H36F2N10O2S2. The van der Waals surface area contributed by atoms with E-state index in [1.807, 2.05) is 29.1 Å². The minimum atomic E-state index is -3.58. The first-order chi connectivity index (χ1) is 28.1. The third-order valence-corrected chi connectivity index (χ3v) is 11.5. The van der Waals surface area contributed by atoms with E-state index in [1.165, 1.54) is 67.9 Å². The number of nitrogens with zero attached hydrogens (tertiary/aromatic N) is 10. The highest BCUT2D eigenvalue weighted by molar-refractivity contribution is 7.98. The Labute approximate surface area is 336 Å². The van der Waals surface area contributed by atoms with Gasteiger partial charge in [0.25, 0.3) is 0 Å². The number of imidazole rings is 2. The summed E-state index contributed by atoms with van der Waals surface area (Å²) in [5.41, 5.74) is 9.01. The minimum absolute atomic E-state index is 0.257. The van der Waals surface area contributed by atoms with Crippen LogP contribution in [0.2, 0.25) is 0 Å². The number of hydrogen-bond acceptors (Lipinski definition) is 11. The van der Waals surface area contributed by atoms with E-state index in [0.717, 1.165) is 58.8 Å². The lowest BCUT2D eigenvalue weighted by Gasteiger charge is -2.07. The Morgan fingerprint density at radius 3 is 1.53 bits per heavy atom. The van der Waals surface area contributed by atoms with Crippen LogP contribution in [0.15, 0.2) is 108 Å². The first kappa shape index (κ1) is 37.6. The van der Waals surface area contributed by atoms with Gasteiger partial charge in [0.05, 0.1) is 45.6 Å². The molecular weight excluding hydrogens is 779 g/mol. The molecule has 0 radical (unpaired) electrons. The van der Waals surface area contributed by atoms with Gasteiger partial charge in [-0.3, -0.25) is 18.8 Å². The van der Waals surface area contributed by atoms with Gasteiger partial charge >= 0.3 is 0 Å². The second-order valence-electron chi connectivity index (χ2n) is 14.5. The lowest BCUT2D eigenvalue weighted by Crippen LogP contribution is -2.05. The van der Waals surface area contributed by atoms with Gasteiger partial charge < -0.3 is 0 Å². The third-order valence-electron chi connectivity index (χ3n) is 10.1. The van der Waals surface area contributed by atoms with Gasteiger partial charge in [-0.1, -0.05) is 11.8 Å². The van der Waals surface area contributed by atoms with Crippen molar-refractivity contribution in [3.8, 4) is 45.3 Å². The molecule has 12 nitrogen and oxygen atoms in total. The van der Waals surface area contributed by atoms with Crippen LogP contribution in [-0.2, 0) is 22.7 Å². The molecule has 8 aromatic rings. The van der Waals surface area contributed by atoms with Crippen LogP contribution in [0.4, 0.5) is 8.78 Å². The maximum absolute atomic E-state index is 13.5. The molecule has 292 valence electrons. The Morgan fingerprint density at radius 2 is 1.09 bits per heavy atom. The molecule has 0 unspecified atom stereocenters. The van der Waals surface area contributed by atoms with Gasteiger partial charge in [0.1, 0.15) is 11.6 Å². The Morgan fingerprint density at radius 1 is 0.621 bits per heavy atom. The molecule has 2 aromatic carbocycles. The monoisotopic (exact) mass is 814 g/mol. The smallest absolute Gasteiger partial charge is 0.247 e. The maximum Gasteiger partial charge on any atom is 0.247 e. The molecule has 6 aromatic heterocycles. The highest BCUT2D eigenvalue weighted by Crippen LogP contribution is 2.38. The molecule has 58 heavy (non-hydrogen) atoms. The zero-order valence-corrected chi connectivity index (χ0v) is 33.1. The first-order valence-corrected chi connectivity index (χ1v) is 21.9. The van der Waals surface area contributed by atoms with Gasteiger partial charge in [0.2, 0.25) is 15.0 Å². The number of thioether (sulfide) groups is 1. The molecule has 0 N–H and O–H groups in total. The number of hydrogen-bond donors (Lipinski definition) is 0. The van der Waals surface area contributed by atoms with E-state index < -0.39 is 9.84 Å². The number of sulfone groups is 1. The van der Waals surface area contributed by atoms with Gasteiger partial charge in [-0.05, 0) is 117 Å². The van der Waals surface area contributed by atoms with Crippen molar-refractivity contribution in [2.24, 2.45) is 11.8 Å². The van der Waals surface area contributed by atoms with Gasteiger partial charge in [-0.15, -0.1) is 0 Å². The average molecular weight is 815 g/mol. The van der Waals surface area contributed by atoms with Crippen LogP contribution in [0, 0.1) is 23.5 Å². The molecule has 6 heterocycles. The number of aromatic nitrogens is 10. The Kier molecular flexibility index (Phi) is 9.97. The van der Waals surface area contributed by atoms with Gasteiger partial charge in [0, 0.05) is 54.6 Å². The molecule has 16 heteroatoms. The highest BCUT2D eigenvalue weighted by atomic mass is 32.2. The van der Waals surface area contributed by atoms with Crippen LogP contribution in [-0.4, -0.2) is 69.6 Å². The molecule has 10 rings (SSSR count). The van der Waals surface area contributed by atoms with E-state index >= 15 is 0 Å². The molecule has 0 bridgehead atoms. The topological polar surface area (TPSA) is 146 Å². The molecule has 0 atom stereocenters. The van der Waals surface area contributed by atoms with Crippen molar-refractivity contribution in [1.29, 1.82) is 0 Å². The van der Waals surface area contributed by atoms with E-state index in [4.69, 9.17) is 9.97 Å². The molecule has 0 aliphatic heterocycles. The van der Waals surface area contributed by atoms with Crippen LogP contribution in [0.1, 0.15) is 37.1 Å². The summed E-state index contributed by atoms with van der Waals surface area (Å²) in [6.45, 7) is 0. The van der Waals surface area contributed by atoms with Crippen molar-refractivity contribution in [3.05, 3.63) is 121 Å². The van der Waals surface area contributed by atoms with Crippen molar-refractivity contribution in [2.75, 3.05) is 12.5 Å². The zero-order chi connectivity index (χ0) is 40.0. The fourth-order valence-corrected chi connectivity index (χ4v) is 7.74. The Bertz CT molecular complexity index is 2910. The number of benzene rings is 2. The van der Waals surface area contributed by atoms with Crippen LogP contribution in [0.3, 0.4) is 0 Å². The van der Waals surface area contributed by atoms with Crippen LogP contribution < -0.4 is 0 Å². The van der Waals surface area contributed by atoms with Gasteiger partial charge in [0.15, 0.2) is 16.5 Å². The highest BCUT2D eigenvalue weighted by Gasteiger charge is 2.28. The summed E-state index contributed by atoms with van der Waals surface area (Å²) in [6, 6.07) is 16.0. The first-order valence-electron chi connectivity index (χ1n) is 18.8. The third kappa shape index (κ3) is 7.81. The summed E-state index contributed by atoms with van der Waals surface area (Å²) in [5, 5.41) is 0.442. The number of rotatable bonds is 10. The SMILES string of the molecule is CS(=O)(=O)c1nccc(-c2c(-c3ccc(F)cc3)nc3c(CC4CC4)nccn23)n1.CSc1nccc(-c2c(-c3ccc(F)cc3)nc3c(CC4CC4)nccn23)n1. The zero-order valence-electron chi connectivity index (χ0n) is 31.5. The van der Waals surface area contributed by atoms with Crippen molar-refractivity contribution in [2.45, 2.75) is 48.8 Å². The summed E-state index contributed by atoms with van der Waals surface area (Å²) >= 11 is 1.50. The van der Waals surface area contributed by atoms with Crippen molar-refractivity contribution in [1.82, 2.24) is 48.7 Å². The van der Waals surface area contributed by atoms with Crippen LogP contribution in [0.25, 0.3) is 56.6 Å². The predicted molar refractivity (Wildman–Crippen MR) is 217 cm³/mol. The molecule has 2 saturated carbocycles. The van der Waals surface area contributed by atoms with E-state index in [0.29, 0.717) is 45.3 Å². The Balaban J connectivity index is 0.000000151. The summed E-state index contributed by atoms with van der Waals surface area (Å²) in [5.74, 6) is 0.711. The maximum atomic E-state index is 13.5. The quantitative estimate of drug-likeness (QED) is 0.0978. The largest absolute Gasteiger partial charge is 0.295 e. The molecule has 0 saturated heterocycles. The molecule has 2 aliphatic rings. The summed E-state index contributed by atoms with van der Waals surface area (Å²) < 4.78 is 54.9. The van der Waals surface area contributed by atoms with E-state index in [-0.39, 0.29) is 16.8 Å². The van der Waals surface area contributed by atoms with E-state index in [1.54, 1.807) is 48.9 Å². The van der Waals surface area contributed by atoms with Gasteiger partial charge in [-0.2, -0.15) is 0 Å². The molecule has 2 fully saturated rings.